The number of hydrogen-bond acceptors (Lipinski definition) is 5. The Bertz CT molecular complexity index is 1140. The van der Waals surface area contributed by atoms with E-state index in [2.05, 4.69) is 43.5 Å². The molecule has 32 heavy (non-hydrogen) atoms. The zero-order chi connectivity index (χ0) is 23.4. The highest BCUT2D eigenvalue weighted by Crippen LogP contribution is 2.44. The number of carboxylic acid groups (broad SMARTS) is 1. The molecule has 1 aliphatic rings. The van der Waals surface area contributed by atoms with Crippen LogP contribution < -0.4 is 14.5 Å². The average molecular weight is 564 g/mol. The fraction of sp³-hybridized carbons (Fsp3) is 0.174. The first-order valence-electron chi connectivity index (χ1n) is 9.62. The van der Waals surface area contributed by atoms with Crippen LogP contribution in [0.2, 0.25) is 0 Å². The summed E-state index contributed by atoms with van der Waals surface area (Å²) in [6.07, 6.45) is 3.36. The van der Waals surface area contributed by atoms with Crippen LogP contribution in [0.5, 0.6) is 11.5 Å². The van der Waals surface area contributed by atoms with E-state index < -0.39 is 5.97 Å². The normalized spacial score (nSPS) is 14.5. The van der Waals surface area contributed by atoms with Crippen LogP contribution in [0.15, 0.2) is 62.6 Å². The number of amides is 1. The lowest BCUT2D eigenvalue weighted by Crippen LogP contribution is -2.21. The quantitative estimate of drug-likeness (QED) is 0.330. The number of anilines is 1. The number of carbonyl (C=O) groups excluding carboxylic acids is 1. The third-order valence-corrected chi connectivity index (χ3v) is 6.67. The van der Waals surface area contributed by atoms with Gasteiger partial charge in [0.25, 0.3) is 5.91 Å². The summed E-state index contributed by atoms with van der Waals surface area (Å²) in [5, 5.41) is 14.7. The van der Waals surface area contributed by atoms with E-state index in [1.165, 1.54) is 17.1 Å². The largest absolute Gasteiger partial charge is 0.490 e. The Morgan fingerprint density at radius 1 is 1.22 bits per heavy atom. The third kappa shape index (κ3) is 4.78. The lowest BCUT2D eigenvalue weighted by Gasteiger charge is -2.16. The summed E-state index contributed by atoms with van der Waals surface area (Å²) in [7, 11) is 0. The highest BCUT2D eigenvalue weighted by molar-refractivity contribution is 9.13. The van der Waals surface area contributed by atoms with E-state index in [4.69, 9.17) is 14.6 Å². The number of halogens is 2. The van der Waals surface area contributed by atoms with E-state index >= 15 is 0 Å². The molecule has 0 saturated carbocycles. The van der Waals surface area contributed by atoms with Gasteiger partial charge in [0.1, 0.15) is 6.61 Å². The summed E-state index contributed by atoms with van der Waals surface area (Å²) in [6.45, 7) is 8.03. The number of hydrazone groups is 1. The van der Waals surface area contributed by atoms with Crippen LogP contribution in [-0.2, 0) is 4.79 Å². The van der Waals surface area contributed by atoms with Gasteiger partial charge in [-0.05, 0) is 87.7 Å². The smallest absolute Gasteiger partial charge is 0.335 e. The molecule has 0 fully saturated rings. The molecule has 1 heterocycles. The molecule has 7 nitrogen and oxygen atoms in total. The first kappa shape index (κ1) is 23.7. The molecule has 0 spiro atoms. The summed E-state index contributed by atoms with van der Waals surface area (Å²) in [5.74, 6) is -0.300. The summed E-state index contributed by atoms with van der Waals surface area (Å²) in [4.78, 5) is 24.2. The molecule has 0 atom stereocenters. The van der Waals surface area contributed by atoms with Gasteiger partial charge in [0, 0.05) is 4.47 Å². The molecule has 166 valence electrons. The van der Waals surface area contributed by atoms with Gasteiger partial charge in [-0.25, -0.2) is 4.79 Å². The molecule has 1 aliphatic heterocycles. The Morgan fingerprint density at radius 3 is 2.50 bits per heavy atom. The number of hydrogen-bond donors (Lipinski definition) is 1. The van der Waals surface area contributed by atoms with E-state index in [1.54, 1.807) is 37.3 Å². The summed E-state index contributed by atoms with van der Waals surface area (Å²) < 4.78 is 12.8. The van der Waals surface area contributed by atoms with Gasteiger partial charge in [-0.2, -0.15) is 10.1 Å². The van der Waals surface area contributed by atoms with Gasteiger partial charge in [-0.15, -0.1) is 0 Å². The Labute approximate surface area is 202 Å². The Morgan fingerprint density at radius 2 is 1.91 bits per heavy atom. The van der Waals surface area contributed by atoms with Crippen LogP contribution in [0.25, 0.3) is 6.08 Å². The Hall–Kier alpha value is -2.91. The molecule has 0 aromatic heterocycles. The average Bonchev–Trinajstić information content (AvgIpc) is 3.05. The maximum Gasteiger partial charge on any atom is 0.335 e. The number of carboxylic acids is 1. The van der Waals surface area contributed by atoms with Gasteiger partial charge < -0.3 is 14.6 Å². The second-order valence-electron chi connectivity index (χ2n) is 6.67. The van der Waals surface area contributed by atoms with Crippen molar-refractivity contribution in [3.63, 3.8) is 0 Å². The van der Waals surface area contributed by atoms with Crippen molar-refractivity contribution in [2.75, 3.05) is 18.2 Å². The standard InChI is InChI=1S/C23H20Br2N2O5/c1-4-10-32-21-18(31-5-2)12-15(19(24)20(21)25)11-17-13(3)26-27(22(17)28)16-8-6-14(7-9-16)23(29)30/h4,6-9,11-12H,1,5,10H2,2-3H3,(H,29,30)/b17-11+. The minimum Gasteiger partial charge on any atom is -0.490 e. The number of benzene rings is 2. The van der Waals surface area contributed by atoms with Crippen molar-refractivity contribution >= 4 is 61.2 Å². The first-order chi connectivity index (χ1) is 15.3. The molecule has 0 radical (unpaired) electrons. The van der Waals surface area contributed by atoms with Gasteiger partial charge in [0.15, 0.2) is 11.5 Å². The molecular weight excluding hydrogens is 544 g/mol. The van der Waals surface area contributed by atoms with Gasteiger partial charge in [-0.1, -0.05) is 12.7 Å². The van der Waals surface area contributed by atoms with Gasteiger partial charge >= 0.3 is 5.97 Å². The number of nitrogens with zero attached hydrogens (tertiary/aromatic N) is 2. The van der Waals surface area contributed by atoms with Crippen LogP contribution in [0.4, 0.5) is 5.69 Å². The van der Waals surface area contributed by atoms with Crippen LogP contribution in [-0.4, -0.2) is 35.9 Å². The molecule has 2 aromatic rings. The second-order valence-corrected chi connectivity index (χ2v) is 8.25. The first-order valence-corrected chi connectivity index (χ1v) is 11.2. The van der Waals surface area contributed by atoms with Crippen LogP contribution in [0.1, 0.15) is 29.8 Å². The van der Waals surface area contributed by atoms with Gasteiger partial charge in [-0.3, -0.25) is 4.79 Å². The van der Waals surface area contributed by atoms with Crippen molar-refractivity contribution in [1.82, 2.24) is 0 Å². The van der Waals surface area contributed by atoms with E-state index in [0.717, 1.165) is 0 Å². The second kappa shape index (κ2) is 10.1. The fourth-order valence-corrected chi connectivity index (χ4v) is 3.96. The van der Waals surface area contributed by atoms with Crippen LogP contribution in [0, 0.1) is 0 Å². The maximum absolute atomic E-state index is 13.1. The number of carbonyl (C=O) groups is 2. The number of aromatic carboxylic acids is 1. The number of rotatable bonds is 8. The monoisotopic (exact) mass is 562 g/mol. The molecule has 0 saturated heterocycles. The van der Waals surface area contributed by atoms with E-state index in [0.29, 0.717) is 56.2 Å². The maximum atomic E-state index is 13.1. The topological polar surface area (TPSA) is 88.4 Å². The van der Waals surface area contributed by atoms with Crippen LogP contribution >= 0.6 is 31.9 Å². The van der Waals surface area contributed by atoms with E-state index in [1.807, 2.05) is 6.92 Å². The third-order valence-electron chi connectivity index (χ3n) is 4.52. The van der Waals surface area contributed by atoms with Gasteiger partial charge in [0.2, 0.25) is 0 Å². The van der Waals surface area contributed by atoms with Crippen molar-refractivity contribution < 1.29 is 24.2 Å². The molecule has 0 unspecified atom stereocenters. The molecule has 2 aromatic carbocycles. The predicted octanol–water partition coefficient (Wildman–Crippen LogP) is 5.68. The zero-order valence-electron chi connectivity index (χ0n) is 17.4. The van der Waals surface area contributed by atoms with Crippen molar-refractivity contribution in [2.24, 2.45) is 5.10 Å². The molecule has 9 heteroatoms. The van der Waals surface area contributed by atoms with E-state index in [9.17, 15) is 9.59 Å². The lowest BCUT2D eigenvalue weighted by molar-refractivity contribution is -0.114. The Kier molecular flexibility index (Phi) is 7.52. The summed E-state index contributed by atoms with van der Waals surface area (Å²) in [6, 6.07) is 7.75. The minimum absolute atomic E-state index is 0.132. The highest BCUT2D eigenvalue weighted by atomic mass is 79.9. The van der Waals surface area contributed by atoms with Crippen LogP contribution in [0.3, 0.4) is 0 Å². The van der Waals surface area contributed by atoms with E-state index in [-0.39, 0.29) is 11.5 Å². The molecule has 0 bridgehead atoms. The summed E-state index contributed by atoms with van der Waals surface area (Å²) in [5.41, 5.74) is 2.25. The Balaban J connectivity index is 1.99. The predicted molar refractivity (Wildman–Crippen MR) is 131 cm³/mol. The fourth-order valence-electron chi connectivity index (χ4n) is 3.01. The molecular formula is C23H20Br2N2O5. The van der Waals surface area contributed by atoms with Crippen molar-refractivity contribution in [3.05, 3.63) is 68.6 Å². The molecule has 3 rings (SSSR count). The SMILES string of the molecule is C=CCOc1c(OCC)cc(/C=C2/C(=O)N(c3ccc(C(=O)O)cc3)N=C2C)c(Br)c1Br. The van der Waals surface area contributed by atoms with Gasteiger partial charge in [0.05, 0.1) is 33.6 Å². The molecule has 1 N–H and O–H groups in total. The number of ether oxygens (including phenoxy) is 2. The minimum atomic E-state index is -1.04. The van der Waals surface area contributed by atoms with Crippen molar-refractivity contribution in [1.29, 1.82) is 0 Å². The van der Waals surface area contributed by atoms with Crippen molar-refractivity contribution in [3.8, 4) is 11.5 Å². The van der Waals surface area contributed by atoms with Crippen molar-refractivity contribution in [2.45, 2.75) is 13.8 Å². The highest BCUT2D eigenvalue weighted by Gasteiger charge is 2.29. The lowest BCUT2D eigenvalue weighted by atomic mass is 10.1. The molecule has 1 amide bonds. The molecule has 0 aliphatic carbocycles. The zero-order valence-corrected chi connectivity index (χ0v) is 20.6. The summed E-state index contributed by atoms with van der Waals surface area (Å²) >= 11 is 7.10.